The lowest BCUT2D eigenvalue weighted by molar-refractivity contribution is -0.274. The van der Waals surface area contributed by atoms with Crippen LogP contribution in [0.25, 0.3) is 0 Å². The molecule has 2 N–H and O–H groups in total. The Kier molecular flexibility index (Phi) is 6.07. The number of aliphatic hydroxyl groups is 1. The molecule has 0 aliphatic heterocycles. The summed E-state index contributed by atoms with van der Waals surface area (Å²) in [6, 6.07) is 5.85. The second-order valence-corrected chi connectivity index (χ2v) is 3.90. The number of rotatable bonds is 7. The molecule has 1 rings (SSSR count). The zero-order valence-corrected chi connectivity index (χ0v) is 10.4. The second-order valence-electron chi connectivity index (χ2n) is 3.90. The van der Waals surface area contributed by atoms with Gasteiger partial charge in [-0.05, 0) is 6.07 Å². The summed E-state index contributed by atoms with van der Waals surface area (Å²) in [5, 5.41) is 12.2. The minimum atomic E-state index is -4.72. The van der Waals surface area contributed by atoms with Gasteiger partial charge in [-0.3, -0.25) is 0 Å². The minimum absolute atomic E-state index is 0.160. The zero-order valence-electron chi connectivity index (χ0n) is 10.4. The van der Waals surface area contributed by atoms with Crippen molar-refractivity contribution >= 4 is 0 Å². The summed E-state index contributed by atoms with van der Waals surface area (Å²) in [5.41, 5.74) is 0.365. The van der Waals surface area contributed by atoms with Crippen LogP contribution in [0.1, 0.15) is 5.56 Å². The predicted octanol–water partition coefficient (Wildman–Crippen LogP) is 1.68. The van der Waals surface area contributed by atoms with Crippen LogP contribution >= 0.6 is 0 Å². The Morgan fingerprint density at radius 2 is 2.00 bits per heavy atom. The lowest BCUT2D eigenvalue weighted by Crippen LogP contribution is -2.30. The summed E-state index contributed by atoms with van der Waals surface area (Å²) >= 11 is 0. The highest BCUT2D eigenvalue weighted by atomic mass is 19.4. The summed E-state index contributed by atoms with van der Waals surface area (Å²) in [6.45, 7) is 0.537. The molecule has 0 heterocycles. The monoisotopic (exact) mass is 279 g/mol. The lowest BCUT2D eigenvalue weighted by Gasteiger charge is -2.15. The van der Waals surface area contributed by atoms with Crippen LogP contribution in [-0.2, 0) is 11.3 Å². The molecule has 19 heavy (non-hydrogen) atoms. The normalized spacial score (nSPS) is 13.3. The Morgan fingerprint density at radius 1 is 1.32 bits per heavy atom. The van der Waals surface area contributed by atoms with Crippen molar-refractivity contribution < 1.29 is 27.8 Å². The number of benzene rings is 1. The van der Waals surface area contributed by atoms with Crippen LogP contribution in [0.2, 0.25) is 0 Å². The third-order valence-electron chi connectivity index (χ3n) is 2.25. The van der Waals surface area contributed by atoms with E-state index in [1.165, 1.54) is 25.3 Å². The van der Waals surface area contributed by atoms with Crippen molar-refractivity contribution in [1.29, 1.82) is 0 Å². The van der Waals surface area contributed by atoms with E-state index in [9.17, 15) is 18.3 Å². The van der Waals surface area contributed by atoms with Crippen LogP contribution in [0.15, 0.2) is 24.3 Å². The molecule has 0 bridgehead atoms. The average Bonchev–Trinajstić information content (AvgIpc) is 2.30. The molecule has 0 amide bonds. The predicted molar refractivity (Wildman–Crippen MR) is 62.7 cm³/mol. The maximum atomic E-state index is 12.2. The average molecular weight is 279 g/mol. The maximum Gasteiger partial charge on any atom is 0.573 e. The molecular formula is C12H16F3NO3. The highest BCUT2D eigenvalue weighted by molar-refractivity contribution is 5.33. The van der Waals surface area contributed by atoms with Crippen LogP contribution in [-0.4, -0.2) is 37.8 Å². The fourth-order valence-electron chi connectivity index (χ4n) is 1.50. The molecule has 0 spiro atoms. The van der Waals surface area contributed by atoms with Gasteiger partial charge < -0.3 is 19.9 Å². The Balaban J connectivity index is 2.53. The summed E-state index contributed by atoms with van der Waals surface area (Å²) in [6.07, 6.45) is -5.42. The van der Waals surface area contributed by atoms with Crippen LogP contribution in [0.5, 0.6) is 5.75 Å². The van der Waals surface area contributed by atoms with Gasteiger partial charge in [0.15, 0.2) is 0 Å². The Morgan fingerprint density at radius 3 is 2.63 bits per heavy atom. The summed E-state index contributed by atoms with van der Waals surface area (Å²) in [7, 11) is 1.45. The quantitative estimate of drug-likeness (QED) is 0.797. The number of hydrogen-bond donors (Lipinski definition) is 2. The number of halogens is 3. The fraction of sp³-hybridized carbons (Fsp3) is 0.500. The van der Waals surface area contributed by atoms with Gasteiger partial charge >= 0.3 is 6.36 Å². The van der Waals surface area contributed by atoms with Gasteiger partial charge in [-0.15, -0.1) is 13.2 Å². The Labute approximate surface area is 109 Å². The molecule has 0 saturated carbocycles. The van der Waals surface area contributed by atoms with Gasteiger partial charge in [0.25, 0.3) is 0 Å². The first kappa shape index (κ1) is 15.7. The molecule has 0 radical (unpaired) electrons. The van der Waals surface area contributed by atoms with E-state index in [1.807, 2.05) is 0 Å². The van der Waals surface area contributed by atoms with Gasteiger partial charge in [-0.25, -0.2) is 0 Å². The summed E-state index contributed by atoms with van der Waals surface area (Å²) in [5.74, 6) is -0.247. The standard InChI is InChI=1S/C12H16F3NO3/c1-18-8-10(17)7-16-6-9-4-2-3-5-11(9)19-12(13,14)15/h2-5,10,16-17H,6-8H2,1H3. The van der Waals surface area contributed by atoms with Crippen molar-refractivity contribution in [2.45, 2.75) is 19.0 Å². The van der Waals surface area contributed by atoms with Crippen molar-refractivity contribution in [2.24, 2.45) is 0 Å². The summed E-state index contributed by atoms with van der Waals surface area (Å²) < 4.78 is 45.2. The van der Waals surface area contributed by atoms with E-state index in [4.69, 9.17) is 4.74 Å². The Bertz CT molecular complexity index is 385. The lowest BCUT2D eigenvalue weighted by atomic mass is 10.2. The SMILES string of the molecule is COCC(O)CNCc1ccccc1OC(F)(F)F. The smallest absolute Gasteiger partial charge is 0.405 e. The third kappa shape index (κ3) is 6.42. The molecule has 0 saturated heterocycles. The van der Waals surface area contributed by atoms with Gasteiger partial charge in [-0.2, -0.15) is 0 Å². The number of alkyl halides is 3. The van der Waals surface area contributed by atoms with E-state index in [0.29, 0.717) is 5.56 Å². The van der Waals surface area contributed by atoms with E-state index in [-0.39, 0.29) is 25.4 Å². The van der Waals surface area contributed by atoms with Crippen LogP contribution in [0.3, 0.4) is 0 Å². The first-order valence-electron chi connectivity index (χ1n) is 5.63. The number of para-hydroxylation sites is 1. The van der Waals surface area contributed by atoms with Crippen molar-refractivity contribution in [3.05, 3.63) is 29.8 Å². The molecule has 1 aromatic carbocycles. The second kappa shape index (κ2) is 7.32. The molecule has 1 aromatic rings. The van der Waals surface area contributed by atoms with Crippen molar-refractivity contribution in [3.63, 3.8) is 0 Å². The molecule has 7 heteroatoms. The minimum Gasteiger partial charge on any atom is -0.405 e. The van der Waals surface area contributed by atoms with Gasteiger partial charge in [0.2, 0.25) is 0 Å². The maximum absolute atomic E-state index is 12.2. The molecule has 4 nitrogen and oxygen atoms in total. The molecule has 1 unspecified atom stereocenters. The van der Waals surface area contributed by atoms with Gasteiger partial charge in [0.1, 0.15) is 5.75 Å². The van der Waals surface area contributed by atoms with Crippen LogP contribution < -0.4 is 10.1 Å². The third-order valence-corrected chi connectivity index (χ3v) is 2.25. The molecular weight excluding hydrogens is 263 g/mol. The van der Waals surface area contributed by atoms with E-state index < -0.39 is 12.5 Å². The molecule has 0 aromatic heterocycles. The zero-order chi connectivity index (χ0) is 14.3. The highest BCUT2D eigenvalue weighted by Gasteiger charge is 2.31. The topological polar surface area (TPSA) is 50.7 Å². The first-order valence-corrected chi connectivity index (χ1v) is 5.63. The number of ether oxygens (including phenoxy) is 2. The largest absolute Gasteiger partial charge is 0.573 e. The number of aliphatic hydroxyl groups excluding tert-OH is 1. The number of hydrogen-bond acceptors (Lipinski definition) is 4. The van der Waals surface area contributed by atoms with Crippen molar-refractivity contribution in [3.8, 4) is 5.75 Å². The van der Waals surface area contributed by atoms with Crippen LogP contribution in [0, 0.1) is 0 Å². The van der Waals surface area contributed by atoms with Gasteiger partial charge in [-0.1, -0.05) is 18.2 Å². The van der Waals surface area contributed by atoms with E-state index in [1.54, 1.807) is 6.07 Å². The molecule has 0 aliphatic rings. The van der Waals surface area contributed by atoms with Gasteiger partial charge in [0.05, 0.1) is 12.7 Å². The molecule has 1 atom stereocenters. The highest BCUT2D eigenvalue weighted by Crippen LogP contribution is 2.25. The summed E-state index contributed by atoms with van der Waals surface area (Å²) in [4.78, 5) is 0. The van der Waals surface area contributed by atoms with E-state index >= 15 is 0 Å². The first-order chi connectivity index (χ1) is 8.92. The van der Waals surface area contributed by atoms with E-state index in [0.717, 1.165) is 0 Å². The van der Waals surface area contributed by atoms with Crippen molar-refractivity contribution in [1.82, 2.24) is 5.32 Å². The number of nitrogens with one attached hydrogen (secondary N) is 1. The van der Waals surface area contributed by atoms with Gasteiger partial charge in [0, 0.05) is 25.8 Å². The fourth-order valence-corrected chi connectivity index (χ4v) is 1.50. The molecule has 108 valence electrons. The number of methoxy groups -OCH3 is 1. The van der Waals surface area contributed by atoms with Crippen LogP contribution in [0.4, 0.5) is 13.2 Å². The molecule has 0 fully saturated rings. The Hall–Kier alpha value is -1.31. The van der Waals surface area contributed by atoms with Crippen molar-refractivity contribution in [2.75, 3.05) is 20.3 Å². The van der Waals surface area contributed by atoms with E-state index in [2.05, 4.69) is 10.1 Å². The molecule has 0 aliphatic carbocycles.